The van der Waals surface area contributed by atoms with Crippen molar-refractivity contribution in [3.8, 4) is 23.0 Å². The monoisotopic (exact) mass is 780 g/mol. The van der Waals surface area contributed by atoms with E-state index >= 15 is 0 Å². The zero-order valence-electron chi connectivity index (χ0n) is 36.7. The fraction of sp³-hybridized carbons (Fsp3) is 0.520. The van der Waals surface area contributed by atoms with Crippen LogP contribution in [0.15, 0.2) is 48.5 Å². The number of benzene rings is 4. The molecule has 57 heavy (non-hydrogen) atoms. The van der Waals surface area contributed by atoms with E-state index in [0.29, 0.717) is 42.9 Å². The fourth-order valence-corrected chi connectivity index (χ4v) is 7.63. The van der Waals surface area contributed by atoms with Crippen LogP contribution < -0.4 is 14.2 Å². The van der Waals surface area contributed by atoms with E-state index in [1.165, 1.54) is 0 Å². The third-order valence-electron chi connectivity index (χ3n) is 11.0. The molecule has 0 heterocycles. The van der Waals surface area contributed by atoms with Gasteiger partial charge in [-0.25, -0.2) is 0 Å². The zero-order valence-corrected chi connectivity index (χ0v) is 36.7. The summed E-state index contributed by atoms with van der Waals surface area (Å²) in [5, 5.41) is 42.5. The van der Waals surface area contributed by atoms with Gasteiger partial charge in [-0.2, -0.15) is 0 Å². The molecule has 1 aliphatic rings. The SMILES string of the molecule is CC(C)(C)c1cc2c(O)c(c1)Cc1cc(C(C)(C)C)cc(c1OCCO)Cc1cc(C(C)(C)C)cc(c1OCCO)Cc1cc(C(C)(C)C)cc(c1OCCO)C2. The number of phenolic OH excluding ortho intramolecular Hbond substituents is 1. The quantitative estimate of drug-likeness (QED) is 0.118. The largest absolute Gasteiger partial charge is 0.507 e. The van der Waals surface area contributed by atoms with Gasteiger partial charge in [0.2, 0.25) is 0 Å². The molecule has 0 radical (unpaired) electrons. The highest BCUT2D eigenvalue weighted by molar-refractivity contribution is 5.59. The lowest BCUT2D eigenvalue weighted by atomic mass is 9.79. The lowest BCUT2D eigenvalue weighted by Crippen LogP contribution is -2.18. The fourth-order valence-electron chi connectivity index (χ4n) is 7.63. The van der Waals surface area contributed by atoms with Crippen LogP contribution in [-0.4, -0.2) is 60.1 Å². The van der Waals surface area contributed by atoms with Crippen molar-refractivity contribution in [1.29, 1.82) is 0 Å². The van der Waals surface area contributed by atoms with Gasteiger partial charge in [0.25, 0.3) is 0 Å². The number of aromatic hydroxyl groups is 1. The van der Waals surface area contributed by atoms with Crippen molar-refractivity contribution in [1.82, 2.24) is 0 Å². The van der Waals surface area contributed by atoms with Crippen molar-refractivity contribution in [3.05, 3.63) is 115 Å². The van der Waals surface area contributed by atoms with E-state index in [4.69, 9.17) is 14.2 Å². The Morgan fingerprint density at radius 2 is 0.561 bits per heavy atom. The molecule has 4 aromatic rings. The highest BCUT2D eigenvalue weighted by Gasteiger charge is 2.29. The number of ether oxygens (including phenoxy) is 3. The summed E-state index contributed by atoms with van der Waals surface area (Å²) in [4.78, 5) is 0. The van der Waals surface area contributed by atoms with Gasteiger partial charge in [0, 0.05) is 25.7 Å². The number of phenols is 1. The normalized spacial score (nSPS) is 13.7. The Morgan fingerprint density at radius 1 is 0.368 bits per heavy atom. The maximum absolute atomic E-state index is 12.3. The Labute approximate surface area is 342 Å². The Balaban J connectivity index is 1.98. The molecular formula is C50H68O7. The molecule has 4 aromatic carbocycles. The predicted molar refractivity (Wildman–Crippen MR) is 231 cm³/mol. The van der Waals surface area contributed by atoms with E-state index in [2.05, 4.69) is 132 Å². The van der Waals surface area contributed by atoms with Crippen LogP contribution in [0.5, 0.6) is 23.0 Å². The summed E-state index contributed by atoms with van der Waals surface area (Å²) < 4.78 is 19.6. The first-order chi connectivity index (χ1) is 26.5. The van der Waals surface area contributed by atoms with E-state index in [9.17, 15) is 20.4 Å². The van der Waals surface area contributed by atoms with Crippen molar-refractivity contribution in [3.63, 3.8) is 0 Å². The average molecular weight is 781 g/mol. The maximum atomic E-state index is 12.3. The summed E-state index contributed by atoms with van der Waals surface area (Å²) in [5.74, 6) is 2.35. The lowest BCUT2D eigenvalue weighted by Gasteiger charge is -2.29. The van der Waals surface area contributed by atoms with Crippen molar-refractivity contribution in [2.24, 2.45) is 0 Å². The van der Waals surface area contributed by atoms with E-state index in [0.717, 1.165) is 66.8 Å². The van der Waals surface area contributed by atoms with Gasteiger partial charge in [0.1, 0.15) is 42.8 Å². The molecule has 0 saturated heterocycles. The van der Waals surface area contributed by atoms with Crippen molar-refractivity contribution in [2.45, 2.75) is 130 Å². The van der Waals surface area contributed by atoms with Gasteiger partial charge in [-0.3, -0.25) is 0 Å². The molecule has 0 spiro atoms. The van der Waals surface area contributed by atoms with Gasteiger partial charge in [-0.1, -0.05) is 132 Å². The minimum atomic E-state index is -0.209. The maximum Gasteiger partial charge on any atom is 0.126 e. The highest BCUT2D eigenvalue weighted by Crippen LogP contribution is 2.44. The molecule has 0 saturated carbocycles. The van der Waals surface area contributed by atoms with Crippen molar-refractivity contribution >= 4 is 0 Å². The van der Waals surface area contributed by atoms with Crippen LogP contribution in [0, 0.1) is 0 Å². The van der Waals surface area contributed by atoms with Gasteiger partial charge in [0.05, 0.1) is 19.8 Å². The standard InChI is InChI=1S/C50H68O7/c1-47(2,3)39-23-31-19-33-25-40(48(4,5)6)27-35(44(33)55-16-13-51)21-37-29-42(50(10,11)12)30-38(46(37)57-18-15-53)22-36-28-41(49(7,8)9)26-34(45(36)56-17-14-52)20-32(24-39)43(31)54/h23-30,51-54H,13-22H2,1-12H3. The average Bonchev–Trinajstić information content (AvgIpc) is 3.09. The highest BCUT2D eigenvalue weighted by atomic mass is 16.5. The first-order valence-corrected chi connectivity index (χ1v) is 20.6. The molecule has 310 valence electrons. The molecule has 0 fully saturated rings. The second kappa shape index (κ2) is 17.1. The van der Waals surface area contributed by atoms with Gasteiger partial charge < -0.3 is 34.6 Å². The summed E-state index contributed by atoms with van der Waals surface area (Å²) in [6.45, 7) is 26.4. The Morgan fingerprint density at radius 3 is 0.754 bits per heavy atom. The van der Waals surface area contributed by atoms with E-state index in [1.807, 2.05) is 0 Å². The van der Waals surface area contributed by atoms with Crippen LogP contribution >= 0.6 is 0 Å². The summed E-state index contributed by atoms with van der Waals surface area (Å²) in [5.41, 5.74) is 11.0. The number of aliphatic hydroxyl groups excluding tert-OH is 3. The van der Waals surface area contributed by atoms with E-state index in [1.54, 1.807) is 0 Å². The van der Waals surface area contributed by atoms with Crippen LogP contribution in [0.4, 0.5) is 0 Å². The van der Waals surface area contributed by atoms with Crippen LogP contribution in [-0.2, 0) is 47.3 Å². The van der Waals surface area contributed by atoms with Crippen LogP contribution in [0.2, 0.25) is 0 Å². The molecular weight excluding hydrogens is 713 g/mol. The third-order valence-corrected chi connectivity index (χ3v) is 11.0. The van der Waals surface area contributed by atoms with Gasteiger partial charge >= 0.3 is 0 Å². The Hall–Kier alpha value is -4.04. The molecule has 4 N–H and O–H groups in total. The van der Waals surface area contributed by atoms with Crippen LogP contribution in [0.3, 0.4) is 0 Å². The number of hydrogen-bond acceptors (Lipinski definition) is 7. The zero-order chi connectivity index (χ0) is 42.1. The molecule has 8 bridgehead atoms. The second-order valence-corrected chi connectivity index (χ2v) is 19.9. The lowest BCUT2D eigenvalue weighted by molar-refractivity contribution is 0.197. The summed E-state index contributed by atoms with van der Waals surface area (Å²) in [6.07, 6.45) is 1.75. The molecule has 0 aliphatic heterocycles. The Kier molecular flexibility index (Phi) is 13.2. The van der Waals surface area contributed by atoms with E-state index in [-0.39, 0.29) is 67.1 Å². The van der Waals surface area contributed by atoms with Gasteiger partial charge in [-0.05, 0) is 88.4 Å². The second-order valence-electron chi connectivity index (χ2n) is 19.9. The predicted octanol–water partition coefficient (Wildman–Crippen LogP) is 9.37. The molecule has 0 amide bonds. The van der Waals surface area contributed by atoms with E-state index < -0.39 is 0 Å². The first kappa shape index (κ1) is 44.1. The molecule has 7 heteroatoms. The Bertz CT molecular complexity index is 1920. The number of rotatable bonds is 9. The van der Waals surface area contributed by atoms with Gasteiger partial charge in [-0.15, -0.1) is 0 Å². The molecule has 7 nitrogen and oxygen atoms in total. The molecule has 0 atom stereocenters. The smallest absolute Gasteiger partial charge is 0.126 e. The molecule has 5 rings (SSSR count). The third kappa shape index (κ3) is 10.3. The molecule has 1 aliphatic carbocycles. The summed E-state index contributed by atoms with van der Waals surface area (Å²) in [7, 11) is 0. The number of hydrogen-bond donors (Lipinski definition) is 4. The minimum Gasteiger partial charge on any atom is -0.507 e. The minimum absolute atomic E-state index is 0.122. The van der Waals surface area contributed by atoms with Gasteiger partial charge in [0.15, 0.2) is 0 Å². The molecule has 0 aromatic heterocycles. The number of fused-ring (bicyclic) bond motifs is 8. The topological polar surface area (TPSA) is 109 Å². The summed E-state index contributed by atoms with van der Waals surface area (Å²) in [6, 6.07) is 17.5. The van der Waals surface area contributed by atoms with Crippen molar-refractivity contribution in [2.75, 3.05) is 39.6 Å². The summed E-state index contributed by atoms with van der Waals surface area (Å²) >= 11 is 0. The van der Waals surface area contributed by atoms with Crippen molar-refractivity contribution < 1.29 is 34.6 Å². The number of aliphatic hydroxyl groups is 3. The van der Waals surface area contributed by atoms with Crippen LogP contribution in [0.1, 0.15) is 150 Å². The first-order valence-electron chi connectivity index (χ1n) is 20.6. The molecule has 0 unspecified atom stereocenters. The van der Waals surface area contributed by atoms with Crippen LogP contribution in [0.25, 0.3) is 0 Å².